The predicted molar refractivity (Wildman–Crippen MR) is 55.2 cm³/mol. The van der Waals surface area contributed by atoms with Gasteiger partial charge in [0.25, 0.3) is 0 Å². The van der Waals surface area contributed by atoms with Crippen LogP contribution in [0, 0.1) is 0 Å². The third-order valence-corrected chi connectivity index (χ3v) is 3.00. The van der Waals surface area contributed by atoms with Crippen LogP contribution in [-0.4, -0.2) is 49.6 Å². The molecule has 0 unspecified atom stereocenters. The molecule has 0 spiro atoms. The third-order valence-electron chi connectivity index (χ3n) is 3.00. The van der Waals surface area contributed by atoms with Crippen molar-refractivity contribution in [3.05, 3.63) is 0 Å². The van der Waals surface area contributed by atoms with E-state index in [1.807, 2.05) is 0 Å². The molecular weight excluding hydrogens is 228 g/mol. The number of hydrogen-bond acceptors (Lipinski definition) is 6. The lowest BCUT2D eigenvalue weighted by molar-refractivity contribution is -0.171. The molecule has 2 rings (SSSR count). The molecule has 96 valence electrons. The average Bonchev–Trinajstić information content (AvgIpc) is 2.99. The molecule has 0 amide bonds. The number of hydrogen-bond donors (Lipinski definition) is 0. The highest BCUT2D eigenvalue weighted by atomic mass is 16.7. The van der Waals surface area contributed by atoms with Crippen molar-refractivity contribution in [2.45, 2.75) is 50.8 Å². The van der Waals surface area contributed by atoms with Gasteiger partial charge in [-0.3, -0.25) is 9.59 Å². The second-order valence-electron chi connectivity index (χ2n) is 4.30. The SMILES string of the molecule is CO[C@@H]1C[C@H](OC(C)=O)[C@H](OC(C)=O)[C@H]2O[C@H]21. The van der Waals surface area contributed by atoms with Crippen LogP contribution in [0.3, 0.4) is 0 Å². The molecule has 6 heteroatoms. The molecule has 0 aromatic rings. The van der Waals surface area contributed by atoms with E-state index >= 15 is 0 Å². The molecule has 1 heterocycles. The zero-order valence-corrected chi connectivity index (χ0v) is 10.0. The molecule has 1 saturated carbocycles. The van der Waals surface area contributed by atoms with Crippen molar-refractivity contribution >= 4 is 11.9 Å². The molecule has 1 aliphatic heterocycles. The lowest BCUT2D eigenvalue weighted by atomic mass is 9.92. The molecule has 1 aliphatic carbocycles. The van der Waals surface area contributed by atoms with Crippen LogP contribution >= 0.6 is 0 Å². The first kappa shape index (κ1) is 12.3. The van der Waals surface area contributed by atoms with Crippen molar-refractivity contribution < 1.29 is 28.5 Å². The number of carbonyl (C=O) groups excluding carboxylic acids is 2. The van der Waals surface area contributed by atoms with Gasteiger partial charge in [0.05, 0.1) is 6.10 Å². The highest BCUT2D eigenvalue weighted by molar-refractivity contribution is 5.67. The summed E-state index contributed by atoms with van der Waals surface area (Å²) in [6.07, 6.45) is -0.929. The van der Waals surface area contributed by atoms with E-state index in [9.17, 15) is 9.59 Å². The monoisotopic (exact) mass is 244 g/mol. The van der Waals surface area contributed by atoms with E-state index in [2.05, 4.69) is 0 Å². The molecule has 0 radical (unpaired) electrons. The van der Waals surface area contributed by atoms with E-state index < -0.39 is 24.1 Å². The summed E-state index contributed by atoms with van der Waals surface area (Å²) in [7, 11) is 1.58. The Hall–Kier alpha value is -1.14. The van der Waals surface area contributed by atoms with Gasteiger partial charge in [0.1, 0.15) is 18.3 Å². The smallest absolute Gasteiger partial charge is 0.303 e. The molecule has 5 atom stereocenters. The van der Waals surface area contributed by atoms with Gasteiger partial charge in [-0.2, -0.15) is 0 Å². The molecule has 1 saturated heterocycles. The number of esters is 2. The fourth-order valence-corrected chi connectivity index (χ4v) is 2.30. The summed E-state index contributed by atoms with van der Waals surface area (Å²) in [6.45, 7) is 2.65. The average molecular weight is 244 g/mol. The lowest BCUT2D eigenvalue weighted by Crippen LogP contribution is -2.47. The molecule has 0 aromatic carbocycles. The van der Waals surface area contributed by atoms with E-state index in [0.717, 1.165) is 0 Å². The van der Waals surface area contributed by atoms with Crippen molar-refractivity contribution in [3.63, 3.8) is 0 Å². The molecule has 0 aromatic heterocycles. The Balaban J connectivity index is 2.06. The van der Waals surface area contributed by atoms with Gasteiger partial charge in [0.2, 0.25) is 0 Å². The summed E-state index contributed by atoms with van der Waals surface area (Å²) in [6, 6.07) is 0. The maximum atomic E-state index is 11.0. The van der Waals surface area contributed by atoms with Gasteiger partial charge in [-0.25, -0.2) is 0 Å². The van der Waals surface area contributed by atoms with Crippen LogP contribution in [0.1, 0.15) is 20.3 Å². The van der Waals surface area contributed by atoms with Crippen LogP contribution in [0.15, 0.2) is 0 Å². The summed E-state index contributed by atoms with van der Waals surface area (Å²) in [5, 5.41) is 0. The normalized spacial score (nSPS) is 39.1. The van der Waals surface area contributed by atoms with Gasteiger partial charge < -0.3 is 18.9 Å². The summed E-state index contributed by atoms with van der Waals surface area (Å²) in [4.78, 5) is 22.0. The Morgan fingerprint density at radius 2 is 1.71 bits per heavy atom. The largest absolute Gasteiger partial charge is 0.458 e. The van der Waals surface area contributed by atoms with Crippen LogP contribution in [0.4, 0.5) is 0 Å². The first-order chi connectivity index (χ1) is 8.02. The Morgan fingerprint density at radius 3 is 2.24 bits per heavy atom. The predicted octanol–water partition coefficient (Wildman–Crippen LogP) is 0.0359. The Kier molecular flexibility index (Phi) is 3.35. The van der Waals surface area contributed by atoms with Gasteiger partial charge in [-0.1, -0.05) is 0 Å². The summed E-state index contributed by atoms with van der Waals surface area (Å²) >= 11 is 0. The third kappa shape index (κ3) is 2.58. The van der Waals surface area contributed by atoms with Crippen molar-refractivity contribution in [2.24, 2.45) is 0 Å². The zero-order chi connectivity index (χ0) is 12.6. The topological polar surface area (TPSA) is 74.4 Å². The van der Waals surface area contributed by atoms with Gasteiger partial charge in [0.15, 0.2) is 6.10 Å². The van der Waals surface area contributed by atoms with E-state index in [1.54, 1.807) is 7.11 Å². The minimum atomic E-state index is -0.521. The summed E-state index contributed by atoms with van der Waals surface area (Å²) in [5.41, 5.74) is 0. The van der Waals surface area contributed by atoms with E-state index in [1.165, 1.54) is 13.8 Å². The summed E-state index contributed by atoms with van der Waals surface area (Å²) in [5.74, 6) is -0.807. The number of carbonyl (C=O) groups is 2. The van der Waals surface area contributed by atoms with Crippen LogP contribution in [-0.2, 0) is 28.5 Å². The van der Waals surface area contributed by atoms with Crippen LogP contribution in [0.25, 0.3) is 0 Å². The van der Waals surface area contributed by atoms with E-state index in [-0.39, 0.29) is 18.3 Å². The second-order valence-corrected chi connectivity index (χ2v) is 4.30. The molecule has 2 fully saturated rings. The van der Waals surface area contributed by atoms with Gasteiger partial charge >= 0.3 is 11.9 Å². The first-order valence-corrected chi connectivity index (χ1v) is 5.55. The molecule has 17 heavy (non-hydrogen) atoms. The van der Waals surface area contributed by atoms with Gasteiger partial charge in [-0.05, 0) is 0 Å². The van der Waals surface area contributed by atoms with Crippen molar-refractivity contribution in [1.82, 2.24) is 0 Å². The minimum Gasteiger partial charge on any atom is -0.458 e. The van der Waals surface area contributed by atoms with Gasteiger partial charge in [0, 0.05) is 27.4 Å². The minimum absolute atomic E-state index is 0.0591. The molecule has 0 N–H and O–H groups in total. The Morgan fingerprint density at radius 1 is 1.06 bits per heavy atom. The quantitative estimate of drug-likeness (QED) is 0.515. The maximum absolute atomic E-state index is 11.0. The summed E-state index contributed by atoms with van der Waals surface area (Å²) < 4.78 is 21.0. The highest BCUT2D eigenvalue weighted by Crippen LogP contribution is 2.41. The Bertz CT molecular complexity index is 328. The fraction of sp³-hybridized carbons (Fsp3) is 0.818. The second kappa shape index (κ2) is 4.62. The van der Waals surface area contributed by atoms with Crippen LogP contribution in [0.5, 0.6) is 0 Å². The van der Waals surface area contributed by atoms with E-state index in [4.69, 9.17) is 18.9 Å². The number of epoxide rings is 1. The standard InChI is InChI=1S/C11H16O6/c1-5(12)15-8-4-7(14-3)9-11(17-9)10(8)16-6(2)13/h7-11H,4H2,1-3H3/t7-,8+,9+,10+,11+/m1/s1. The molecule has 2 aliphatic rings. The zero-order valence-electron chi connectivity index (χ0n) is 10.0. The number of methoxy groups -OCH3 is 1. The van der Waals surface area contributed by atoms with E-state index in [0.29, 0.717) is 6.42 Å². The maximum Gasteiger partial charge on any atom is 0.303 e. The van der Waals surface area contributed by atoms with Crippen molar-refractivity contribution in [1.29, 1.82) is 0 Å². The number of ether oxygens (including phenoxy) is 4. The molecular formula is C11H16O6. The molecule has 0 bridgehead atoms. The van der Waals surface area contributed by atoms with Crippen LogP contribution in [0.2, 0.25) is 0 Å². The Labute approximate surface area is 99.2 Å². The number of rotatable bonds is 3. The molecule has 6 nitrogen and oxygen atoms in total. The fourth-order valence-electron chi connectivity index (χ4n) is 2.30. The van der Waals surface area contributed by atoms with Gasteiger partial charge in [-0.15, -0.1) is 0 Å². The lowest BCUT2D eigenvalue weighted by Gasteiger charge is -2.31. The van der Waals surface area contributed by atoms with Crippen molar-refractivity contribution in [3.8, 4) is 0 Å². The highest BCUT2D eigenvalue weighted by Gasteiger charge is 2.59. The van der Waals surface area contributed by atoms with Crippen molar-refractivity contribution in [2.75, 3.05) is 7.11 Å². The van der Waals surface area contributed by atoms with Crippen LogP contribution < -0.4 is 0 Å². The first-order valence-electron chi connectivity index (χ1n) is 5.55. The number of fused-ring (bicyclic) bond motifs is 1.